The zero-order chi connectivity index (χ0) is 19.2. The van der Waals surface area contributed by atoms with Gasteiger partial charge in [0.1, 0.15) is 5.75 Å². The normalized spacial score (nSPS) is 16.8. The molecule has 0 N–H and O–H groups in total. The number of methoxy groups -OCH3 is 1. The second kappa shape index (κ2) is 8.64. The van der Waals surface area contributed by atoms with Crippen molar-refractivity contribution < 1.29 is 19.2 Å². The van der Waals surface area contributed by atoms with Crippen LogP contribution in [0.2, 0.25) is 0 Å². The maximum absolute atomic E-state index is 12.7. The summed E-state index contributed by atoms with van der Waals surface area (Å²) in [6, 6.07) is 13.5. The molecule has 1 unspecified atom stereocenters. The zero-order valence-corrected chi connectivity index (χ0v) is 15.2. The van der Waals surface area contributed by atoms with Crippen LogP contribution in [0.15, 0.2) is 48.5 Å². The van der Waals surface area contributed by atoms with Crippen molar-refractivity contribution in [2.75, 3.05) is 20.2 Å². The van der Waals surface area contributed by atoms with E-state index in [0.29, 0.717) is 24.4 Å². The first-order valence-electron chi connectivity index (χ1n) is 8.85. The van der Waals surface area contributed by atoms with Crippen LogP contribution in [-0.2, 0) is 11.3 Å². The molecule has 7 heteroatoms. The molecule has 1 amide bonds. The number of carbonyl (C=O) groups is 1. The van der Waals surface area contributed by atoms with Gasteiger partial charge in [0.2, 0.25) is 0 Å². The number of nitrogens with zero attached hydrogens (tertiary/aromatic N) is 2. The molecule has 3 rings (SSSR count). The molecule has 2 aromatic carbocycles. The van der Waals surface area contributed by atoms with Crippen molar-refractivity contribution in [3.05, 3.63) is 69.8 Å². The lowest BCUT2D eigenvalue weighted by atomic mass is 10.1. The number of amides is 1. The summed E-state index contributed by atoms with van der Waals surface area (Å²) in [5.74, 6) is 0.685. The molecule has 1 atom stereocenters. The number of benzene rings is 2. The van der Waals surface area contributed by atoms with Gasteiger partial charge < -0.3 is 14.4 Å². The largest absolute Gasteiger partial charge is 0.497 e. The van der Waals surface area contributed by atoms with Crippen LogP contribution in [0, 0.1) is 10.1 Å². The van der Waals surface area contributed by atoms with Gasteiger partial charge in [0.05, 0.1) is 24.7 Å². The Labute approximate surface area is 157 Å². The quantitative estimate of drug-likeness (QED) is 0.575. The fraction of sp³-hybridized carbons (Fsp3) is 0.350. The molecule has 1 aliphatic rings. The van der Waals surface area contributed by atoms with Crippen LogP contribution in [0.1, 0.15) is 28.8 Å². The first-order chi connectivity index (χ1) is 13.1. The molecule has 0 saturated carbocycles. The summed E-state index contributed by atoms with van der Waals surface area (Å²) in [7, 11) is 1.59. The number of hydrogen-bond donors (Lipinski definition) is 0. The van der Waals surface area contributed by atoms with Gasteiger partial charge in [0.15, 0.2) is 0 Å². The highest BCUT2D eigenvalue weighted by molar-refractivity contribution is 5.94. The average molecular weight is 370 g/mol. The Balaban J connectivity index is 1.58. The number of carbonyl (C=O) groups excluding carboxylic acids is 1. The van der Waals surface area contributed by atoms with Crippen molar-refractivity contribution in [3.63, 3.8) is 0 Å². The minimum Gasteiger partial charge on any atom is -0.497 e. The Bertz CT molecular complexity index is 806. The third-order valence-electron chi connectivity index (χ3n) is 4.61. The Hall–Kier alpha value is -2.93. The van der Waals surface area contributed by atoms with E-state index in [1.807, 2.05) is 0 Å². The Morgan fingerprint density at radius 1 is 1.26 bits per heavy atom. The van der Waals surface area contributed by atoms with Gasteiger partial charge in [-0.05, 0) is 42.7 Å². The summed E-state index contributed by atoms with van der Waals surface area (Å²) in [6.45, 7) is 1.50. The van der Waals surface area contributed by atoms with E-state index in [9.17, 15) is 14.9 Å². The smallest absolute Gasteiger partial charge is 0.269 e. The van der Waals surface area contributed by atoms with Gasteiger partial charge in [-0.15, -0.1) is 0 Å². The predicted molar refractivity (Wildman–Crippen MR) is 99.8 cm³/mol. The lowest BCUT2D eigenvalue weighted by Gasteiger charge is -2.32. The molecule has 1 heterocycles. The van der Waals surface area contributed by atoms with E-state index in [2.05, 4.69) is 0 Å². The number of rotatable bonds is 6. The molecular weight excluding hydrogens is 348 g/mol. The second-order valence-corrected chi connectivity index (χ2v) is 6.48. The van der Waals surface area contributed by atoms with E-state index in [0.717, 1.165) is 18.4 Å². The molecule has 0 spiro atoms. The predicted octanol–water partition coefficient (Wildman–Crippen LogP) is 3.42. The van der Waals surface area contributed by atoms with E-state index < -0.39 is 4.92 Å². The van der Waals surface area contributed by atoms with Crippen molar-refractivity contribution in [3.8, 4) is 5.75 Å². The van der Waals surface area contributed by atoms with E-state index in [-0.39, 0.29) is 24.3 Å². The Morgan fingerprint density at radius 2 is 2.04 bits per heavy atom. The van der Waals surface area contributed by atoms with Crippen LogP contribution in [-0.4, -0.2) is 42.0 Å². The van der Waals surface area contributed by atoms with Crippen LogP contribution in [0.3, 0.4) is 0 Å². The van der Waals surface area contributed by atoms with E-state index in [1.165, 1.54) is 12.1 Å². The highest BCUT2D eigenvalue weighted by atomic mass is 16.6. The summed E-state index contributed by atoms with van der Waals surface area (Å²) in [6.07, 6.45) is 1.64. The van der Waals surface area contributed by atoms with Crippen molar-refractivity contribution in [2.45, 2.75) is 25.6 Å². The third kappa shape index (κ3) is 4.83. The number of nitro groups is 1. The monoisotopic (exact) mass is 370 g/mol. The first-order valence-corrected chi connectivity index (χ1v) is 8.85. The minimum atomic E-state index is -0.417. The molecule has 27 heavy (non-hydrogen) atoms. The fourth-order valence-electron chi connectivity index (χ4n) is 3.15. The van der Waals surface area contributed by atoms with Crippen LogP contribution in [0.25, 0.3) is 0 Å². The number of nitro benzene ring substituents is 1. The topological polar surface area (TPSA) is 81.9 Å². The molecule has 0 aliphatic carbocycles. The van der Waals surface area contributed by atoms with E-state index in [4.69, 9.17) is 9.47 Å². The van der Waals surface area contributed by atoms with Crippen molar-refractivity contribution in [1.82, 2.24) is 4.90 Å². The maximum Gasteiger partial charge on any atom is 0.269 e. The van der Waals surface area contributed by atoms with Crippen LogP contribution in [0.5, 0.6) is 5.75 Å². The molecular formula is C20H22N2O5. The lowest BCUT2D eigenvalue weighted by Crippen LogP contribution is -2.43. The van der Waals surface area contributed by atoms with Gasteiger partial charge in [0, 0.05) is 30.8 Å². The molecule has 0 aromatic heterocycles. The van der Waals surface area contributed by atoms with Crippen LogP contribution < -0.4 is 4.74 Å². The van der Waals surface area contributed by atoms with Gasteiger partial charge in [-0.1, -0.05) is 12.1 Å². The van der Waals surface area contributed by atoms with Gasteiger partial charge in [-0.3, -0.25) is 14.9 Å². The number of hydrogen-bond acceptors (Lipinski definition) is 5. The van der Waals surface area contributed by atoms with Gasteiger partial charge in [-0.2, -0.15) is 0 Å². The van der Waals surface area contributed by atoms with Gasteiger partial charge in [0.25, 0.3) is 11.6 Å². The maximum atomic E-state index is 12.7. The third-order valence-corrected chi connectivity index (χ3v) is 4.61. The van der Waals surface area contributed by atoms with Gasteiger partial charge in [-0.25, -0.2) is 0 Å². The van der Waals surface area contributed by atoms with Crippen molar-refractivity contribution in [1.29, 1.82) is 0 Å². The zero-order valence-electron chi connectivity index (χ0n) is 15.2. The van der Waals surface area contributed by atoms with Crippen molar-refractivity contribution in [2.24, 2.45) is 0 Å². The van der Waals surface area contributed by atoms with E-state index >= 15 is 0 Å². The molecule has 0 bridgehead atoms. The molecule has 1 fully saturated rings. The molecule has 1 saturated heterocycles. The highest BCUT2D eigenvalue weighted by Crippen LogP contribution is 2.20. The Morgan fingerprint density at radius 3 is 2.74 bits per heavy atom. The van der Waals surface area contributed by atoms with Gasteiger partial charge >= 0.3 is 0 Å². The standard InChI is InChI=1S/C20H22N2O5/c1-26-18-9-7-16(8-10-18)20(23)21-11-3-6-19(13-21)27-14-15-4-2-5-17(12-15)22(24)25/h2,4-5,7-10,12,19H,3,6,11,13-14H2,1H3. The number of piperidine rings is 1. The molecule has 142 valence electrons. The molecule has 2 aromatic rings. The van der Waals surface area contributed by atoms with Crippen LogP contribution in [0.4, 0.5) is 5.69 Å². The van der Waals surface area contributed by atoms with E-state index in [1.54, 1.807) is 48.4 Å². The highest BCUT2D eigenvalue weighted by Gasteiger charge is 2.25. The van der Waals surface area contributed by atoms with Crippen LogP contribution >= 0.6 is 0 Å². The molecule has 7 nitrogen and oxygen atoms in total. The SMILES string of the molecule is COc1ccc(C(=O)N2CCCC(OCc3cccc([N+](=O)[O-])c3)C2)cc1. The fourth-order valence-corrected chi connectivity index (χ4v) is 3.15. The minimum absolute atomic E-state index is 0.0266. The molecule has 1 aliphatic heterocycles. The molecule has 0 radical (unpaired) electrons. The summed E-state index contributed by atoms with van der Waals surface area (Å²) in [5.41, 5.74) is 1.42. The summed E-state index contributed by atoms with van der Waals surface area (Å²) >= 11 is 0. The average Bonchev–Trinajstić information content (AvgIpc) is 2.72. The Kier molecular flexibility index (Phi) is 6.03. The second-order valence-electron chi connectivity index (χ2n) is 6.48. The number of likely N-dealkylation sites (tertiary alicyclic amines) is 1. The summed E-state index contributed by atoms with van der Waals surface area (Å²) < 4.78 is 11.0. The summed E-state index contributed by atoms with van der Waals surface area (Å²) in [5, 5.41) is 10.9. The number of ether oxygens (including phenoxy) is 2. The lowest BCUT2D eigenvalue weighted by molar-refractivity contribution is -0.385. The first kappa shape index (κ1) is 18.8. The summed E-state index contributed by atoms with van der Waals surface area (Å²) in [4.78, 5) is 24.9. The van der Waals surface area contributed by atoms with Crippen molar-refractivity contribution >= 4 is 11.6 Å². The number of non-ortho nitro benzene ring substituents is 1.